The topological polar surface area (TPSA) is 44.5 Å². The van der Waals surface area contributed by atoms with E-state index in [0.717, 1.165) is 11.6 Å². The summed E-state index contributed by atoms with van der Waals surface area (Å²) in [6, 6.07) is 0.986. The fourth-order valence-corrected chi connectivity index (χ4v) is 2.39. The molecule has 0 amide bonds. The van der Waals surface area contributed by atoms with Crippen LogP contribution in [0.15, 0.2) is 6.07 Å². The van der Waals surface area contributed by atoms with Crippen molar-refractivity contribution in [3.8, 4) is 11.5 Å². The maximum absolute atomic E-state index is 12.9. The van der Waals surface area contributed by atoms with Crippen LogP contribution in [0.1, 0.15) is 22.6 Å². The molecule has 1 aliphatic carbocycles. The molecule has 2 rings (SSSR count). The van der Waals surface area contributed by atoms with Crippen molar-refractivity contribution in [1.29, 1.82) is 0 Å². The molecule has 6 heteroatoms. The van der Waals surface area contributed by atoms with Crippen LogP contribution in [0, 0.1) is 0 Å². The number of benzene rings is 1. The predicted molar refractivity (Wildman–Crippen MR) is 60.0 cm³/mol. The van der Waals surface area contributed by atoms with E-state index < -0.39 is 11.7 Å². The number of ether oxygens (including phenoxy) is 2. The largest absolute Gasteiger partial charge is 0.496 e. The van der Waals surface area contributed by atoms with E-state index in [9.17, 15) is 13.2 Å². The fraction of sp³-hybridized carbons (Fsp3) is 0.500. The molecule has 2 N–H and O–H groups in total. The van der Waals surface area contributed by atoms with Gasteiger partial charge in [0.05, 0.1) is 14.2 Å². The minimum atomic E-state index is -4.46. The van der Waals surface area contributed by atoms with Gasteiger partial charge in [0.1, 0.15) is 17.1 Å². The van der Waals surface area contributed by atoms with Gasteiger partial charge in [-0.05, 0) is 19.0 Å². The second-order valence-corrected chi connectivity index (χ2v) is 4.19. The summed E-state index contributed by atoms with van der Waals surface area (Å²) in [7, 11) is 2.60. The van der Waals surface area contributed by atoms with Crippen LogP contribution in [0.3, 0.4) is 0 Å². The van der Waals surface area contributed by atoms with E-state index in [2.05, 4.69) is 0 Å². The average Bonchev–Trinajstić information content (AvgIpc) is 2.27. The van der Waals surface area contributed by atoms with Gasteiger partial charge in [0, 0.05) is 17.0 Å². The Balaban J connectivity index is 2.62. The molecule has 1 aromatic carbocycles. The molecular weight excluding hydrogens is 247 g/mol. The molecule has 18 heavy (non-hydrogen) atoms. The fourth-order valence-electron chi connectivity index (χ4n) is 2.39. The summed E-state index contributed by atoms with van der Waals surface area (Å²) in [5.41, 5.74) is 6.07. The quantitative estimate of drug-likeness (QED) is 0.908. The third kappa shape index (κ3) is 1.80. The molecule has 0 spiro atoms. The zero-order chi connectivity index (χ0) is 13.5. The molecule has 3 nitrogen and oxygen atoms in total. The van der Waals surface area contributed by atoms with Crippen LogP contribution in [0.2, 0.25) is 0 Å². The summed E-state index contributed by atoms with van der Waals surface area (Å²) in [5, 5.41) is 0. The van der Waals surface area contributed by atoms with Crippen molar-refractivity contribution in [2.45, 2.75) is 18.5 Å². The summed E-state index contributed by atoms with van der Waals surface area (Å²) < 4.78 is 48.7. The van der Waals surface area contributed by atoms with Crippen LogP contribution in [0.25, 0.3) is 0 Å². The van der Waals surface area contributed by atoms with E-state index in [1.165, 1.54) is 14.2 Å². The molecular formula is C12H14F3NO2. The van der Waals surface area contributed by atoms with Gasteiger partial charge in [-0.1, -0.05) is 0 Å². The number of rotatable bonds is 3. The summed E-state index contributed by atoms with van der Waals surface area (Å²) in [4.78, 5) is 0. The van der Waals surface area contributed by atoms with Gasteiger partial charge in [0.25, 0.3) is 0 Å². The molecule has 100 valence electrons. The first-order chi connectivity index (χ1) is 8.43. The normalized spacial score (nSPS) is 18.0. The Labute approximate surface area is 103 Å². The Bertz CT molecular complexity index is 471. The molecule has 0 aromatic heterocycles. The SMILES string of the molecule is COc1cc(C(F)(F)F)c(OC)c2c1C(CN)C2. The molecule has 1 aliphatic rings. The van der Waals surface area contributed by atoms with Crippen molar-refractivity contribution in [1.82, 2.24) is 0 Å². The van der Waals surface area contributed by atoms with Crippen LogP contribution in [-0.2, 0) is 12.6 Å². The lowest BCUT2D eigenvalue weighted by Crippen LogP contribution is -2.27. The highest BCUT2D eigenvalue weighted by molar-refractivity contribution is 5.61. The van der Waals surface area contributed by atoms with E-state index in [1.54, 1.807) is 0 Å². The van der Waals surface area contributed by atoms with Crippen molar-refractivity contribution in [3.05, 3.63) is 22.8 Å². The maximum atomic E-state index is 12.9. The predicted octanol–water partition coefficient (Wildman–Crippen LogP) is 2.32. The highest BCUT2D eigenvalue weighted by Crippen LogP contribution is 2.51. The van der Waals surface area contributed by atoms with E-state index in [4.69, 9.17) is 15.2 Å². The number of hydrogen-bond acceptors (Lipinski definition) is 3. The maximum Gasteiger partial charge on any atom is 0.420 e. The zero-order valence-electron chi connectivity index (χ0n) is 10.1. The molecule has 0 bridgehead atoms. The van der Waals surface area contributed by atoms with Gasteiger partial charge < -0.3 is 15.2 Å². The number of hydrogen-bond donors (Lipinski definition) is 1. The molecule has 0 radical (unpaired) electrons. The smallest absolute Gasteiger partial charge is 0.420 e. The van der Waals surface area contributed by atoms with Crippen molar-refractivity contribution < 1.29 is 22.6 Å². The highest BCUT2D eigenvalue weighted by Gasteiger charge is 2.41. The lowest BCUT2D eigenvalue weighted by molar-refractivity contribution is -0.139. The molecule has 0 heterocycles. The minimum Gasteiger partial charge on any atom is -0.496 e. The van der Waals surface area contributed by atoms with E-state index in [1.807, 2.05) is 0 Å². The number of nitrogens with two attached hydrogens (primary N) is 1. The third-order valence-electron chi connectivity index (χ3n) is 3.26. The molecule has 1 unspecified atom stereocenters. The Morgan fingerprint density at radius 3 is 2.44 bits per heavy atom. The number of halogens is 3. The summed E-state index contributed by atoms with van der Waals surface area (Å²) in [6.45, 7) is 0.387. The van der Waals surface area contributed by atoms with E-state index >= 15 is 0 Å². The van der Waals surface area contributed by atoms with Crippen LogP contribution in [-0.4, -0.2) is 20.8 Å². The molecule has 0 aliphatic heterocycles. The van der Waals surface area contributed by atoms with Gasteiger partial charge in [-0.15, -0.1) is 0 Å². The summed E-state index contributed by atoms with van der Waals surface area (Å²) >= 11 is 0. The van der Waals surface area contributed by atoms with E-state index in [0.29, 0.717) is 18.5 Å². The third-order valence-corrected chi connectivity index (χ3v) is 3.26. The first-order valence-electron chi connectivity index (χ1n) is 5.49. The monoisotopic (exact) mass is 261 g/mol. The Kier molecular flexibility index (Phi) is 3.14. The van der Waals surface area contributed by atoms with Gasteiger partial charge in [0.2, 0.25) is 0 Å². The Morgan fingerprint density at radius 2 is 2.00 bits per heavy atom. The first kappa shape index (κ1) is 13.0. The second-order valence-electron chi connectivity index (χ2n) is 4.19. The summed E-state index contributed by atoms with van der Waals surface area (Å²) in [5.74, 6) is 0.175. The second kappa shape index (κ2) is 4.35. The van der Waals surface area contributed by atoms with Crippen LogP contribution in [0.5, 0.6) is 11.5 Å². The number of alkyl halides is 3. The number of fused-ring (bicyclic) bond motifs is 1. The lowest BCUT2D eigenvalue weighted by atomic mass is 9.75. The molecule has 0 saturated heterocycles. The first-order valence-corrected chi connectivity index (χ1v) is 5.49. The zero-order valence-corrected chi connectivity index (χ0v) is 10.1. The van der Waals surface area contributed by atoms with Gasteiger partial charge in [0.15, 0.2) is 0 Å². The van der Waals surface area contributed by atoms with Gasteiger partial charge in [-0.2, -0.15) is 13.2 Å². The van der Waals surface area contributed by atoms with Crippen molar-refractivity contribution in [3.63, 3.8) is 0 Å². The number of methoxy groups -OCH3 is 2. The van der Waals surface area contributed by atoms with Crippen LogP contribution >= 0.6 is 0 Å². The van der Waals surface area contributed by atoms with Crippen LogP contribution < -0.4 is 15.2 Å². The standard InChI is InChI=1S/C12H14F3NO2/c1-17-9-4-8(12(13,14)15)11(18-2)7-3-6(5-16)10(7)9/h4,6H,3,5,16H2,1-2H3. The Morgan fingerprint density at radius 1 is 1.33 bits per heavy atom. The summed E-state index contributed by atoms with van der Waals surface area (Å²) in [6.07, 6.45) is -3.96. The Hall–Kier alpha value is -1.43. The van der Waals surface area contributed by atoms with E-state index in [-0.39, 0.29) is 17.4 Å². The minimum absolute atomic E-state index is 0.0473. The average molecular weight is 261 g/mol. The van der Waals surface area contributed by atoms with Crippen molar-refractivity contribution in [2.24, 2.45) is 5.73 Å². The molecule has 0 fully saturated rings. The van der Waals surface area contributed by atoms with Gasteiger partial charge in [-0.3, -0.25) is 0 Å². The molecule has 1 aromatic rings. The lowest BCUT2D eigenvalue weighted by Gasteiger charge is -2.34. The van der Waals surface area contributed by atoms with Gasteiger partial charge in [-0.25, -0.2) is 0 Å². The molecule has 1 atom stereocenters. The van der Waals surface area contributed by atoms with Crippen LogP contribution in [0.4, 0.5) is 13.2 Å². The van der Waals surface area contributed by atoms with Crippen molar-refractivity contribution in [2.75, 3.05) is 20.8 Å². The highest BCUT2D eigenvalue weighted by atomic mass is 19.4. The van der Waals surface area contributed by atoms with Gasteiger partial charge >= 0.3 is 6.18 Å². The molecule has 0 saturated carbocycles. The van der Waals surface area contributed by atoms with Crippen molar-refractivity contribution >= 4 is 0 Å².